The summed E-state index contributed by atoms with van der Waals surface area (Å²) in [5.74, 6) is 0.665. The summed E-state index contributed by atoms with van der Waals surface area (Å²) >= 11 is 6.20. The normalized spacial score (nSPS) is 10.7. The molecule has 0 radical (unpaired) electrons. The zero-order valence-electron chi connectivity index (χ0n) is 11.6. The van der Waals surface area contributed by atoms with Crippen molar-refractivity contribution in [3.8, 4) is 5.75 Å². The molecule has 1 N–H and O–H groups in total. The third kappa shape index (κ3) is 2.92. The molecule has 1 aromatic carbocycles. The molecule has 0 saturated heterocycles. The zero-order valence-corrected chi connectivity index (χ0v) is 12.3. The summed E-state index contributed by atoms with van der Waals surface area (Å²) in [4.78, 5) is 4.68. The predicted molar refractivity (Wildman–Crippen MR) is 81.5 cm³/mol. The van der Waals surface area contributed by atoms with Crippen LogP contribution in [0.4, 0.5) is 5.69 Å². The Morgan fingerprint density at radius 2 is 2.05 bits per heavy atom. The number of halogens is 1. The third-order valence-corrected chi connectivity index (χ3v) is 3.30. The van der Waals surface area contributed by atoms with Gasteiger partial charge in [-0.25, -0.2) is 0 Å². The summed E-state index contributed by atoms with van der Waals surface area (Å²) in [6, 6.07) is 5.92. The van der Waals surface area contributed by atoms with Crippen molar-refractivity contribution in [2.24, 2.45) is 0 Å². The highest BCUT2D eigenvalue weighted by molar-refractivity contribution is 6.33. The molecular weight excluding hydrogens is 260 g/mol. The molecule has 1 aromatic heterocycles. The average Bonchev–Trinajstić information content (AvgIpc) is 2.39. The lowest BCUT2D eigenvalue weighted by atomic mass is 10.1. The Morgan fingerprint density at radius 3 is 2.68 bits per heavy atom. The van der Waals surface area contributed by atoms with E-state index in [1.165, 1.54) is 0 Å². The van der Waals surface area contributed by atoms with Gasteiger partial charge in [0.25, 0.3) is 0 Å². The molecule has 0 aliphatic rings. The van der Waals surface area contributed by atoms with Crippen LogP contribution in [0.5, 0.6) is 5.75 Å². The number of methoxy groups -OCH3 is 1. The van der Waals surface area contributed by atoms with Crippen LogP contribution in [0.1, 0.15) is 26.0 Å². The summed E-state index contributed by atoms with van der Waals surface area (Å²) in [7, 11) is 1.62. The van der Waals surface area contributed by atoms with Crippen LogP contribution in [0.25, 0.3) is 10.9 Å². The maximum absolute atomic E-state index is 6.20. The SMILES string of the molecule is CCCc1cc(NCC)c2cc(Cl)c(OC)cc2n1. The van der Waals surface area contributed by atoms with E-state index in [1.54, 1.807) is 7.11 Å². The van der Waals surface area contributed by atoms with Gasteiger partial charge < -0.3 is 10.1 Å². The second kappa shape index (κ2) is 6.11. The molecule has 0 fully saturated rings. The molecule has 0 saturated carbocycles. The van der Waals surface area contributed by atoms with Crippen molar-refractivity contribution in [3.05, 3.63) is 28.9 Å². The smallest absolute Gasteiger partial charge is 0.139 e. The summed E-state index contributed by atoms with van der Waals surface area (Å²) in [6.07, 6.45) is 2.05. The fourth-order valence-corrected chi connectivity index (χ4v) is 2.40. The van der Waals surface area contributed by atoms with Gasteiger partial charge in [0.15, 0.2) is 0 Å². The average molecular weight is 279 g/mol. The van der Waals surface area contributed by atoms with Crippen LogP contribution in [0.3, 0.4) is 0 Å². The maximum atomic E-state index is 6.20. The van der Waals surface area contributed by atoms with Gasteiger partial charge >= 0.3 is 0 Å². The minimum atomic E-state index is 0.610. The number of fused-ring (bicyclic) bond motifs is 1. The van der Waals surface area contributed by atoms with E-state index in [0.717, 1.165) is 41.7 Å². The minimum absolute atomic E-state index is 0.610. The monoisotopic (exact) mass is 278 g/mol. The number of ether oxygens (including phenoxy) is 1. The number of hydrogen-bond acceptors (Lipinski definition) is 3. The quantitative estimate of drug-likeness (QED) is 0.886. The number of pyridine rings is 1. The highest BCUT2D eigenvalue weighted by Gasteiger charge is 2.09. The first-order chi connectivity index (χ1) is 9.19. The van der Waals surface area contributed by atoms with E-state index in [0.29, 0.717) is 10.8 Å². The maximum Gasteiger partial charge on any atom is 0.139 e. The van der Waals surface area contributed by atoms with Crippen molar-refractivity contribution in [2.75, 3.05) is 19.0 Å². The molecule has 0 spiro atoms. The zero-order chi connectivity index (χ0) is 13.8. The first-order valence-electron chi connectivity index (χ1n) is 6.60. The number of anilines is 1. The van der Waals surface area contributed by atoms with Crippen LogP contribution < -0.4 is 10.1 Å². The van der Waals surface area contributed by atoms with Crippen LogP contribution in [-0.4, -0.2) is 18.6 Å². The Bertz CT molecular complexity index is 584. The lowest BCUT2D eigenvalue weighted by molar-refractivity contribution is 0.415. The van der Waals surface area contributed by atoms with E-state index >= 15 is 0 Å². The van der Waals surface area contributed by atoms with Crippen molar-refractivity contribution >= 4 is 28.2 Å². The first-order valence-corrected chi connectivity index (χ1v) is 6.98. The van der Waals surface area contributed by atoms with E-state index in [1.807, 2.05) is 12.1 Å². The van der Waals surface area contributed by atoms with Gasteiger partial charge in [-0.1, -0.05) is 24.9 Å². The van der Waals surface area contributed by atoms with Gasteiger partial charge in [0.1, 0.15) is 5.75 Å². The molecule has 0 bridgehead atoms. The number of hydrogen-bond donors (Lipinski definition) is 1. The fourth-order valence-electron chi connectivity index (χ4n) is 2.16. The van der Waals surface area contributed by atoms with Gasteiger partial charge in [0.2, 0.25) is 0 Å². The second-order valence-electron chi connectivity index (χ2n) is 4.45. The van der Waals surface area contributed by atoms with E-state index < -0.39 is 0 Å². The van der Waals surface area contributed by atoms with Gasteiger partial charge in [-0.05, 0) is 25.5 Å². The molecule has 0 unspecified atom stereocenters. The summed E-state index contributed by atoms with van der Waals surface area (Å²) < 4.78 is 5.26. The third-order valence-electron chi connectivity index (χ3n) is 3.01. The summed E-state index contributed by atoms with van der Waals surface area (Å²) in [5.41, 5.74) is 3.10. The molecule has 1 heterocycles. The van der Waals surface area contributed by atoms with Crippen LogP contribution in [0, 0.1) is 0 Å². The van der Waals surface area contributed by atoms with E-state index in [9.17, 15) is 0 Å². The minimum Gasteiger partial charge on any atom is -0.495 e. The highest BCUT2D eigenvalue weighted by Crippen LogP contribution is 2.33. The topological polar surface area (TPSA) is 34.1 Å². The highest BCUT2D eigenvalue weighted by atomic mass is 35.5. The number of nitrogens with zero attached hydrogens (tertiary/aromatic N) is 1. The van der Waals surface area contributed by atoms with Gasteiger partial charge in [0.05, 0.1) is 17.6 Å². The van der Waals surface area contributed by atoms with Crippen molar-refractivity contribution in [1.82, 2.24) is 4.98 Å². The molecule has 3 nitrogen and oxygen atoms in total. The molecular formula is C15H19ClN2O. The van der Waals surface area contributed by atoms with Gasteiger partial charge in [-0.15, -0.1) is 0 Å². The van der Waals surface area contributed by atoms with Gasteiger partial charge in [-0.2, -0.15) is 0 Å². The molecule has 0 atom stereocenters. The van der Waals surface area contributed by atoms with Crippen LogP contribution >= 0.6 is 11.6 Å². The predicted octanol–water partition coefficient (Wildman–Crippen LogP) is 4.28. The second-order valence-corrected chi connectivity index (χ2v) is 4.85. The lowest BCUT2D eigenvalue weighted by Crippen LogP contribution is -2.01. The Balaban J connectivity index is 2.64. The fraction of sp³-hybridized carbons (Fsp3) is 0.400. The molecule has 2 aromatic rings. The molecule has 0 amide bonds. The number of nitrogens with one attached hydrogen (secondary N) is 1. The van der Waals surface area contributed by atoms with Crippen molar-refractivity contribution in [3.63, 3.8) is 0 Å². The largest absolute Gasteiger partial charge is 0.495 e. The van der Waals surface area contributed by atoms with Crippen molar-refractivity contribution in [2.45, 2.75) is 26.7 Å². The van der Waals surface area contributed by atoms with E-state index in [4.69, 9.17) is 16.3 Å². The molecule has 0 aliphatic carbocycles. The van der Waals surface area contributed by atoms with Crippen LogP contribution in [0.15, 0.2) is 18.2 Å². The first kappa shape index (κ1) is 13.9. The Hall–Kier alpha value is -1.48. The van der Waals surface area contributed by atoms with E-state index in [-0.39, 0.29) is 0 Å². The van der Waals surface area contributed by atoms with Crippen LogP contribution in [-0.2, 0) is 6.42 Å². The molecule has 102 valence electrons. The number of benzene rings is 1. The number of aromatic nitrogens is 1. The number of rotatable bonds is 5. The van der Waals surface area contributed by atoms with Gasteiger partial charge in [0, 0.05) is 29.4 Å². The van der Waals surface area contributed by atoms with Crippen molar-refractivity contribution < 1.29 is 4.74 Å². The standard InChI is InChI=1S/C15H19ClN2O/c1-4-6-10-7-13(17-5-2)11-8-12(16)15(19-3)9-14(11)18-10/h7-9H,4-6H2,1-3H3,(H,17,18). The molecule has 19 heavy (non-hydrogen) atoms. The Kier molecular flexibility index (Phi) is 4.48. The van der Waals surface area contributed by atoms with Crippen molar-refractivity contribution in [1.29, 1.82) is 0 Å². The molecule has 0 aliphatic heterocycles. The number of aryl methyl sites for hydroxylation is 1. The Labute approximate surface area is 118 Å². The lowest BCUT2D eigenvalue weighted by Gasteiger charge is -2.12. The molecule has 4 heteroatoms. The van der Waals surface area contributed by atoms with Crippen LogP contribution in [0.2, 0.25) is 5.02 Å². The Morgan fingerprint density at radius 1 is 1.26 bits per heavy atom. The summed E-state index contributed by atoms with van der Waals surface area (Å²) in [5, 5.41) is 5.02. The van der Waals surface area contributed by atoms with E-state index in [2.05, 4.69) is 30.2 Å². The molecule has 2 rings (SSSR count). The van der Waals surface area contributed by atoms with Gasteiger partial charge in [-0.3, -0.25) is 4.98 Å². The summed E-state index contributed by atoms with van der Waals surface area (Å²) in [6.45, 7) is 5.10.